The van der Waals surface area contributed by atoms with Gasteiger partial charge in [-0.15, -0.1) is 12.4 Å². The number of halogens is 1. The van der Waals surface area contributed by atoms with Gasteiger partial charge in [0.05, 0.1) is 6.10 Å². The molecule has 1 aliphatic heterocycles. The average Bonchev–Trinajstić information content (AvgIpc) is 2.68. The monoisotopic (exact) mass is 430 g/mol. The molecule has 0 aromatic heterocycles. The van der Waals surface area contributed by atoms with Crippen molar-refractivity contribution in [3.05, 3.63) is 29.8 Å². The fraction of sp³-hybridized carbons (Fsp3) is 0.650. The summed E-state index contributed by atoms with van der Waals surface area (Å²) in [7, 11) is -3.49. The van der Waals surface area contributed by atoms with Gasteiger partial charge in [0.1, 0.15) is 5.75 Å². The molecule has 1 heterocycles. The molecular formula is C20H31ClN2O4S. The minimum Gasteiger partial charge on any atom is -0.490 e. The largest absolute Gasteiger partial charge is 0.490 e. The van der Waals surface area contributed by atoms with Gasteiger partial charge in [-0.1, -0.05) is 18.6 Å². The van der Waals surface area contributed by atoms with Crippen molar-refractivity contribution >= 4 is 28.2 Å². The van der Waals surface area contributed by atoms with Crippen LogP contribution in [0.25, 0.3) is 0 Å². The van der Waals surface area contributed by atoms with Gasteiger partial charge in [-0.25, -0.2) is 8.42 Å². The van der Waals surface area contributed by atoms with Crippen LogP contribution in [0.1, 0.15) is 50.5 Å². The first kappa shape index (κ1) is 23.0. The first-order chi connectivity index (χ1) is 12.9. The molecule has 1 aromatic rings. The van der Waals surface area contributed by atoms with E-state index in [1.54, 1.807) is 0 Å². The van der Waals surface area contributed by atoms with Crippen molar-refractivity contribution < 1.29 is 17.9 Å². The van der Waals surface area contributed by atoms with Crippen LogP contribution in [0.15, 0.2) is 24.3 Å². The summed E-state index contributed by atoms with van der Waals surface area (Å²) in [6, 6.07) is 7.70. The van der Waals surface area contributed by atoms with E-state index in [1.165, 1.54) is 19.3 Å². The molecule has 0 unspecified atom stereocenters. The number of hydrogen-bond donors (Lipinski definition) is 2. The van der Waals surface area contributed by atoms with Crippen LogP contribution in [0.5, 0.6) is 5.75 Å². The predicted octanol–water partition coefficient (Wildman–Crippen LogP) is 2.60. The summed E-state index contributed by atoms with van der Waals surface area (Å²) < 4.78 is 29.3. The number of piperidine rings is 1. The van der Waals surface area contributed by atoms with Crippen molar-refractivity contribution in [3.63, 3.8) is 0 Å². The number of amides is 1. The molecule has 0 radical (unpaired) electrons. The highest BCUT2D eigenvalue weighted by Crippen LogP contribution is 2.28. The first-order valence-electron chi connectivity index (χ1n) is 9.85. The molecule has 1 saturated carbocycles. The molecule has 158 valence electrons. The maximum absolute atomic E-state index is 12.7. The summed E-state index contributed by atoms with van der Waals surface area (Å²) in [6.45, 7) is 1.38. The molecule has 0 bridgehead atoms. The highest BCUT2D eigenvalue weighted by molar-refractivity contribution is 7.92. The molecule has 1 aliphatic carbocycles. The Balaban J connectivity index is 0.00000280. The van der Waals surface area contributed by atoms with Crippen molar-refractivity contribution in [2.45, 2.75) is 62.3 Å². The van der Waals surface area contributed by atoms with Crippen molar-refractivity contribution in [1.82, 2.24) is 10.6 Å². The third-order valence-electron chi connectivity index (χ3n) is 5.77. The number of hydrogen-bond acceptors (Lipinski definition) is 5. The summed E-state index contributed by atoms with van der Waals surface area (Å²) in [5.41, 5.74) is 0.928. The highest BCUT2D eigenvalue weighted by Gasteiger charge is 2.48. The van der Waals surface area contributed by atoms with Gasteiger partial charge in [0.2, 0.25) is 5.91 Å². The number of nitrogens with one attached hydrogen (secondary N) is 2. The Kier molecular flexibility index (Phi) is 8.16. The highest BCUT2D eigenvalue weighted by atomic mass is 35.5. The van der Waals surface area contributed by atoms with E-state index in [0.717, 1.165) is 30.4 Å². The van der Waals surface area contributed by atoms with Crippen LogP contribution in [0.4, 0.5) is 0 Å². The molecule has 2 N–H and O–H groups in total. The van der Waals surface area contributed by atoms with Gasteiger partial charge in [-0.05, 0) is 69.3 Å². The number of sulfone groups is 1. The summed E-state index contributed by atoms with van der Waals surface area (Å²) in [5.74, 6) is 0.456. The second-order valence-corrected chi connectivity index (χ2v) is 10.0. The third kappa shape index (κ3) is 5.39. The van der Waals surface area contributed by atoms with Gasteiger partial charge < -0.3 is 15.4 Å². The summed E-state index contributed by atoms with van der Waals surface area (Å²) >= 11 is 0. The van der Waals surface area contributed by atoms with Gasteiger partial charge in [-0.2, -0.15) is 0 Å². The standard InChI is InChI=1S/C20H30N2O4S.ClH/c1-27(24,25)20(11-13-21-14-12-20)19(23)22-15-16-7-9-18(10-8-16)26-17-5-3-2-4-6-17;/h7-10,17,21H,2-6,11-15H2,1H3,(H,22,23);1H. The fourth-order valence-electron chi connectivity index (χ4n) is 4.00. The second-order valence-electron chi connectivity index (χ2n) is 7.72. The molecule has 1 saturated heterocycles. The Hall–Kier alpha value is -1.31. The van der Waals surface area contributed by atoms with Gasteiger partial charge in [0.15, 0.2) is 14.6 Å². The van der Waals surface area contributed by atoms with Crippen LogP contribution in [0.2, 0.25) is 0 Å². The molecule has 1 amide bonds. The third-order valence-corrected chi connectivity index (χ3v) is 7.78. The van der Waals surface area contributed by atoms with Crippen LogP contribution >= 0.6 is 12.4 Å². The fourth-order valence-corrected chi connectivity index (χ4v) is 5.36. The molecule has 3 rings (SSSR count). The zero-order chi connectivity index (χ0) is 19.3. The van der Waals surface area contributed by atoms with Crippen LogP contribution in [0.3, 0.4) is 0 Å². The molecule has 8 heteroatoms. The SMILES string of the molecule is CS(=O)(=O)C1(C(=O)NCc2ccc(OC3CCCCC3)cc2)CCNCC1.Cl. The topological polar surface area (TPSA) is 84.5 Å². The Morgan fingerprint density at radius 2 is 1.75 bits per heavy atom. The summed E-state index contributed by atoms with van der Waals surface area (Å²) in [5, 5.41) is 5.95. The average molecular weight is 431 g/mol. The molecule has 0 atom stereocenters. The lowest BCUT2D eigenvalue weighted by molar-refractivity contribution is -0.124. The lowest BCUT2D eigenvalue weighted by atomic mass is 9.95. The van der Waals surface area contributed by atoms with Gasteiger partial charge >= 0.3 is 0 Å². The molecule has 6 nitrogen and oxygen atoms in total. The zero-order valence-corrected chi connectivity index (χ0v) is 18.0. The van der Waals surface area contributed by atoms with Gasteiger partial charge in [-0.3, -0.25) is 4.79 Å². The van der Waals surface area contributed by atoms with Gasteiger partial charge in [0, 0.05) is 12.8 Å². The van der Waals surface area contributed by atoms with E-state index >= 15 is 0 Å². The molecule has 2 aliphatic rings. The summed E-state index contributed by atoms with van der Waals surface area (Å²) in [6.07, 6.45) is 8.06. The smallest absolute Gasteiger partial charge is 0.241 e. The molecule has 2 fully saturated rings. The molecular weight excluding hydrogens is 400 g/mol. The van der Waals surface area contributed by atoms with E-state index in [-0.39, 0.29) is 12.4 Å². The van der Waals surface area contributed by atoms with E-state index in [2.05, 4.69) is 10.6 Å². The molecule has 0 spiro atoms. The van der Waals surface area contributed by atoms with Crippen LogP contribution in [0, 0.1) is 0 Å². The van der Waals surface area contributed by atoms with Crippen molar-refractivity contribution in [2.75, 3.05) is 19.3 Å². The van der Waals surface area contributed by atoms with E-state index in [9.17, 15) is 13.2 Å². The van der Waals surface area contributed by atoms with Crippen LogP contribution in [-0.4, -0.2) is 44.5 Å². The Labute approximate surface area is 174 Å². The lowest BCUT2D eigenvalue weighted by Crippen LogP contribution is -2.57. The van der Waals surface area contributed by atoms with E-state index in [4.69, 9.17) is 4.74 Å². The Morgan fingerprint density at radius 3 is 2.32 bits per heavy atom. The van der Waals surface area contributed by atoms with E-state index in [0.29, 0.717) is 38.6 Å². The minimum absolute atomic E-state index is 0. The summed E-state index contributed by atoms with van der Waals surface area (Å²) in [4.78, 5) is 12.7. The Bertz CT molecular complexity index is 740. The van der Waals surface area contributed by atoms with E-state index in [1.807, 2.05) is 24.3 Å². The van der Waals surface area contributed by atoms with Crippen LogP contribution < -0.4 is 15.4 Å². The van der Waals surface area contributed by atoms with Crippen LogP contribution in [-0.2, 0) is 21.2 Å². The lowest BCUT2D eigenvalue weighted by Gasteiger charge is -2.34. The number of ether oxygens (including phenoxy) is 1. The number of rotatable bonds is 6. The number of carbonyl (C=O) groups excluding carboxylic acids is 1. The molecule has 28 heavy (non-hydrogen) atoms. The maximum Gasteiger partial charge on any atom is 0.241 e. The van der Waals surface area contributed by atoms with Crippen molar-refractivity contribution in [3.8, 4) is 5.75 Å². The zero-order valence-electron chi connectivity index (χ0n) is 16.4. The Morgan fingerprint density at radius 1 is 1.14 bits per heavy atom. The first-order valence-corrected chi connectivity index (χ1v) is 11.7. The second kappa shape index (κ2) is 9.94. The van der Waals surface area contributed by atoms with Crippen molar-refractivity contribution in [1.29, 1.82) is 0 Å². The quantitative estimate of drug-likeness (QED) is 0.724. The molecule has 1 aromatic carbocycles. The normalized spacial score (nSPS) is 20.0. The number of benzene rings is 1. The van der Waals surface area contributed by atoms with Crippen molar-refractivity contribution in [2.24, 2.45) is 0 Å². The predicted molar refractivity (Wildman–Crippen MR) is 113 cm³/mol. The minimum atomic E-state index is -3.49. The number of carbonyl (C=O) groups is 1. The van der Waals surface area contributed by atoms with Gasteiger partial charge in [0.25, 0.3) is 0 Å². The van der Waals surface area contributed by atoms with E-state index < -0.39 is 20.5 Å². The maximum atomic E-state index is 12.7.